The Balaban J connectivity index is 1.97. The van der Waals surface area contributed by atoms with Gasteiger partial charge in [0.2, 0.25) is 0 Å². The van der Waals surface area contributed by atoms with Crippen LogP contribution in [0.3, 0.4) is 0 Å². The lowest BCUT2D eigenvalue weighted by Gasteiger charge is -2.22. The Hall–Kier alpha value is -1.60. The summed E-state index contributed by atoms with van der Waals surface area (Å²) in [6.45, 7) is 5.49. The van der Waals surface area contributed by atoms with Crippen molar-refractivity contribution in [2.75, 3.05) is 6.54 Å². The van der Waals surface area contributed by atoms with Crippen molar-refractivity contribution in [2.24, 2.45) is 0 Å². The third kappa shape index (κ3) is 3.03. The molecule has 1 heteroatoms. The van der Waals surface area contributed by atoms with Crippen LogP contribution in [0.1, 0.15) is 53.6 Å². The number of benzene rings is 2. The molecule has 1 atom stereocenters. The summed E-state index contributed by atoms with van der Waals surface area (Å²) in [4.78, 5) is 0. The summed E-state index contributed by atoms with van der Waals surface area (Å²) in [5.74, 6) is 0. The molecular weight excluding hydrogens is 254 g/mol. The van der Waals surface area contributed by atoms with E-state index in [1.165, 1.54) is 36.0 Å². The molecule has 1 aliphatic carbocycles. The minimum Gasteiger partial charge on any atom is -0.306 e. The lowest BCUT2D eigenvalue weighted by molar-refractivity contribution is 0.596. The molecule has 0 saturated carbocycles. The highest BCUT2D eigenvalue weighted by atomic mass is 14.9. The fourth-order valence-electron chi connectivity index (χ4n) is 3.38. The maximum atomic E-state index is 3.73. The molecule has 110 valence electrons. The molecule has 0 aromatic heterocycles. The minimum atomic E-state index is 0.317. The van der Waals surface area contributed by atoms with Gasteiger partial charge in [-0.3, -0.25) is 0 Å². The summed E-state index contributed by atoms with van der Waals surface area (Å²) in [7, 11) is 0. The van der Waals surface area contributed by atoms with Crippen molar-refractivity contribution in [2.45, 2.75) is 45.6 Å². The van der Waals surface area contributed by atoms with Gasteiger partial charge in [0.15, 0.2) is 0 Å². The van der Waals surface area contributed by atoms with Gasteiger partial charge in [-0.1, -0.05) is 49.4 Å². The van der Waals surface area contributed by atoms with E-state index in [-0.39, 0.29) is 0 Å². The molecule has 3 rings (SSSR count). The fourth-order valence-corrected chi connectivity index (χ4v) is 3.38. The van der Waals surface area contributed by atoms with Crippen LogP contribution in [0.2, 0.25) is 0 Å². The first-order chi connectivity index (χ1) is 10.3. The molecule has 0 radical (unpaired) electrons. The molecule has 0 saturated heterocycles. The van der Waals surface area contributed by atoms with Gasteiger partial charge < -0.3 is 5.32 Å². The first-order valence-electron chi connectivity index (χ1n) is 8.20. The van der Waals surface area contributed by atoms with Gasteiger partial charge in [-0.05, 0) is 67.0 Å². The van der Waals surface area contributed by atoms with Crippen LogP contribution in [0.25, 0.3) is 0 Å². The highest BCUT2D eigenvalue weighted by Gasteiger charge is 2.18. The minimum absolute atomic E-state index is 0.317. The van der Waals surface area contributed by atoms with Crippen molar-refractivity contribution >= 4 is 0 Å². The second-order valence-corrected chi connectivity index (χ2v) is 6.13. The second-order valence-electron chi connectivity index (χ2n) is 6.13. The average Bonchev–Trinajstić information content (AvgIpc) is 2.97. The number of aryl methyl sites for hydroxylation is 3. The molecule has 1 N–H and O–H groups in total. The van der Waals surface area contributed by atoms with Crippen LogP contribution in [0.4, 0.5) is 0 Å². The van der Waals surface area contributed by atoms with Crippen molar-refractivity contribution in [3.63, 3.8) is 0 Å². The third-order valence-corrected chi connectivity index (χ3v) is 4.55. The van der Waals surface area contributed by atoms with Gasteiger partial charge in [0.05, 0.1) is 6.04 Å². The standard InChI is InChI=1S/C20H25N/c1-3-13-21-20(19-10-5-4-7-15(19)2)18-12-11-16-8-6-9-17(16)14-18/h4-5,7,10-12,14,20-21H,3,6,8-9,13H2,1-2H3. The first-order valence-corrected chi connectivity index (χ1v) is 8.20. The number of hydrogen-bond acceptors (Lipinski definition) is 1. The zero-order chi connectivity index (χ0) is 14.7. The monoisotopic (exact) mass is 279 g/mol. The maximum Gasteiger partial charge on any atom is 0.0579 e. The Bertz CT molecular complexity index is 615. The summed E-state index contributed by atoms with van der Waals surface area (Å²) in [6.07, 6.45) is 4.98. The zero-order valence-corrected chi connectivity index (χ0v) is 13.2. The largest absolute Gasteiger partial charge is 0.306 e. The number of nitrogens with one attached hydrogen (secondary N) is 1. The molecule has 1 nitrogen and oxygen atoms in total. The quantitative estimate of drug-likeness (QED) is 0.845. The lowest BCUT2D eigenvalue weighted by Crippen LogP contribution is -2.24. The number of fused-ring (bicyclic) bond motifs is 1. The van der Waals surface area contributed by atoms with E-state index in [0.717, 1.165) is 13.0 Å². The van der Waals surface area contributed by atoms with Gasteiger partial charge >= 0.3 is 0 Å². The maximum absolute atomic E-state index is 3.73. The van der Waals surface area contributed by atoms with E-state index < -0.39 is 0 Å². The van der Waals surface area contributed by atoms with Gasteiger partial charge in [0, 0.05) is 0 Å². The smallest absolute Gasteiger partial charge is 0.0579 e. The van der Waals surface area contributed by atoms with E-state index in [0.29, 0.717) is 6.04 Å². The Labute approximate surface area is 128 Å². The van der Waals surface area contributed by atoms with Crippen molar-refractivity contribution in [1.82, 2.24) is 5.32 Å². The van der Waals surface area contributed by atoms with E-state index in [2.05, 4.69) is 61.6 Å². The normalized spacial score (nSPS) is 15.0. The van der Waals surface area contributed by atoms with Crippen molar-refractivity contribution in [3.8, 4) is 0 Å². The summed E-state index contributed by atoms with van der Waals surface area (Å²) < 4.78 is 0. The van der Waals surface area contributed by atoms with Crippen molar-refractivity contribution < 1.29 is 0 Å². The van der Waals surface area contributed by atoms with Gasteiger partial charge in [-0.2, -0.15) is 0 Å². The highest BCUT2D eigenvalue weighted by molar-refractivity contribution is 5.42. The zero-order valence-electron chi connectivity index (χ0n) is 13.2. The molecule has 2 aromatic carbocycles. The summed E-state index contributed by atoms with van der Waals surface area (Å²) in [6, 6.07) is 16.2. The van der Waals surface area contributed by atoms with Crippen LogP contribution in [-0.4, -0.2) is 6.54 Å². The third-order valence-electron chi connectivity index (χ3n) is 4.55. The Morgan fingerprint density at radius 2 is 1.86 bits per heavy atom. The first kappa shape index (κ1) is 14.3. The van der Waals surface area contributed by atoms with Crippen LogP contribution >= 0.6 is 0 Å². The summed E-state index contributed by atoms with van der Waals surface area (Å²) in [5, 5.41) is 3.73. The van der Waals surface area contributed by atoms with Crippen LogP contribution < -0.4 is 5.32 Å². The molecule has 1 aliphatic rings. The van der Waals surface area contributed by atoms with Crippen LogP contribution in [0.15, 0.2) is 42.5 Å². The fraction of sp³-hybridized carbons (Fsp3) is 0.400. The van der Waals surface area contributed by atoms with Crippen molar-refractivity contribution in [3.05, 3.63) is 70.3 Å². The van der Waals surface area contributed by atoms with E-state index in [4.69, 9.17) is 0 Å². The Morgan fingerprint density at radius 3 is 2.67 bits per heavy atom. The van der Waals surface area contributed by atoms with E-state index in [1.807, 2.05) is 0 Å². The van der Waals surface area contributed by atoms with Gasteiger partial charge in [0.25, 0.3) is 0 Å². The topological polar surface area (TPSA) is 12.0 Å². The molecule has 0 aliphatic heterocycles. The summed E-state index contributed by atoms with van der Waals surface area (Å²) >= 11 is 0. The Morgan fingerprint density at radius 1 is 1.05 bits per heavy atom. The lowest BCUT2D eigenvalue weighted by atomic mass is 9.93. The highest BCUT2D eigenvalue weighted by Crippen LogP contribution is 2.29. The SMILES string of the molecule is CCCNC(c1ccc2c(c1)CCC2)c1ccccc1C. The predicted octanol–water partition coefficient (Wildman–Crippen LogP) is 4.57. The number of rotatable bonds is 5. The molecule has 0 amide bonds. The molecule has 0 bridgehead atoms. The van der Waals surface area contributed by atoms with E-state index in [1.54, 1.807) is 11.1 Å². The molecule has 0 fully saturated rings. The predicted molar refractivity (Wildman–Crippen MR) is 89.8 cm³/mol. The number of hydrogen-bond donors (Lipinski definition) is 1. The molecule has 2 aromatic rings. The molecule has 1 unspecified atom stereocenters. The van der Waals surface area contributed by atoms with Gasteiger partial charge in [-0.15, -0.1) is 0 Å². The van der Waals surface area contributed by atoms with Crippen LogP contribution in [-0.2, 0) is 12.8 Å². The van der Waals surface area contributed by atoms with Gasteiger partial charge in [-0.25, -0.2) is 0 Å². The molecule has 0 spiro atoms. The van der Waals surface area contributed by atoms with Crippen LogP contribution in [0.5, 0.6) is 0 Å². The Kier molecular flexibility index (Phi) is 4.40. The molecule has 0 heterocycles. The molecular formula is C20H25N. The second kappa shape index (κ2) is 6.44. The van der Waals surface area contributed by atoms with E-state index >= 15 is 0 Å². The van der Waals surface area contributed by atoms with Crippen LogP contribution in [0, 0.1) is 6.92 Å². The van der Waals surface area contributed by atoms with Crippen molar-refractivity contribution in [1.29, 1.82) is 0 Å². The van der Waals surface area contributed by atoms with Gasteiger partial charge in [0.1, 0.15) is 0 Å². The average molecular weight is 279 g/mol. The molecule has 21 heavy (non-hydrogen) atoms. The van der Waals surface area contributed by atoms with E-state index in [9.17, 15) is 0 Å². The summed E-state index contributed by atoms with van der Waals surface area (Å²) in [5.41, 5.74) is 7.30.